The molecular weight excluding hydrogens is 396 g/mol. The predicted molar refractivity (Wildman–Crippen MR) is 121 cm³/mol. The highest BCUT2D eigenvalue weighted by Crippen LogP contribution is 2.26. The molecule has 152 valence electrons. The summed E-state index contributed by atoms with van der Waals surface area (Å²) < 4.78 is 1.81. The largest absolute Gasteiger partial charge is 0.298 e. The van der Waals surface area contributed by atoms with Crippen molar-refractivity contribution in [2.45, 2.75) is 20.4 Å². The van der Waals surface area contributed by atoms with E-state index in [1.807, 2.05) is 59.4 Å². The van der Waals surface area contributed by atoms with Gasteiger partial charge in [0, 0.05) is 29.3 Å². The molecule has 0 unspecified atom stereocenters. The molecule has 0 aliphatic rings. The zero-order chi connectivity index (χ0) is 20.9. The lowest BCUT2D eigenvalue weighted by molar-refractivity contribution is 0.292. The van der Waals surface area contributed by atoms with Crippen LogP contribution < -0.4 is 0 Å². The predicted octanol–water partition coefficient (Wildman–Crippen LogP) is 4.88. The Balaban J connectivity index is 1.75. The van der Waals surface area contributed by atoms with E-state index in [4.69, 9.17) is 16.6 Å². The number of pyridine rings is 2. The standard InChI is InChI=1S/C23H23ClN6/c1-3-29(4-2)15-20-16-30(28-27-20)23-14-19(7-5-17-9-11-25-12-10-17)26-22-8-6-18(24)13-21(22)23/h5-14,16H,3-4,15H2,1-2H3/b7-5+. The van der Waals surface area contributed by atoms with Gasteiger partial charge in [-0.05, 0) is 61.1 Å². The van der Waals surface area contributed by atoms with E-state index in [1.54, 1.807) is 12.4 Å². The van der Waals surface area contributed by atoms with Crippen LogP contribution in [0.4, 0.5) is 0 Å². The number of halogens is 1. The molecule has 30 heavy (non-hydrogen) atoms. The number of hydrogen-bond donors (Lipinski definition) is 0. The third-order valence-electron chi connectivity index (χ3n) is 4.99. The fraction of sp³-hybridized carbons (Fsp3) is 0.217. The normalized spacial score (nSPS) is 11.7. The Bertz CT molecular complexity index is 1170. The van der Waals surface area contributed by atoms with Gasteiger partial charge in [-0.25, -0.2) is 9.67 Å². The molecule has 0 bridgehead atoms. The molecule has 1 aromatic carbocycles. The van der Waals surface area contributed by atoms with Crippen LogP contribution in [0.1, 0.15) is 30.8 Å². The fourth-order valence-corrected chi connectivity index (χ4v) is 3.47. The van der Waals surface area contributed by atoms with Gasteiger partial charge < -0.3 is 0 Å². The monoisotopic (exact) mass is 418 g/mol. The van der Waals surface area contributed by atoms with Crippen LogP contribution in [-0.4, -0.2) is 43.0 Å². The summed E-state index contributed by atoms with van der Waals surface area (Å²) in [6, 6.07) is 11.6. The van der Waals surface area contributed by atoms with Crippen LogP contribution in [0.15, 0.2) is 55.0 Å². The molecule has 4 rings (SSSR count). The second kappa shape index (κ2) is 9.15. The zero-order valence-electron chi connectivity index (χ0n) is 17.0. The van der Waals surface area contributed by atoms with E-state index in [0.29, 0.717) is 5.02 Å². The van der Waals surface area contributed by atoms with Gasteiger partial charge in [0.2, 0.25) is 0 Å². The second-order valence-corrected chi connectivity index (χ2v) is 7.39. The molecule has 3 aromatic heterocycles. The van der Waals surface area contributed by atoms with Gasteiger partial charge >= 0.3 is 0 Å². The lowest BCUT2D eigenvalue weighted by Gasteiger charge is -2.15. The highest BCUT2D eigenvalue weighted by molar-refractivity contribution is 6.31. The summed E-state index contributed by atoms with van der Waals surface area (Å²) >= 11 is 6.27. The smallest absolute Gasteiger partial charge is 0.0971 e. The van der Waals surface area contributed by atoms with E-state index in [2.05, 4.69) is 34.0 Å². The van der Waals surface area contributed by atoms with Gasteiger partial charge in [0.25, 0.3) is 0 Å². The minimum atomic E-state index is 0.661. The van der Waals surface area contributed by atoms with Crippen molar-refractivity contribution in [1.29, 1.82) is 0 Å². The average Bonchev–Trinajstić information content (AvgIpc) is 3.24. The van der Waals surface area contributed by atoms with Crippen LogP contribution >= 0.6 is 11.6 Å². The maximum Gasteiger partial charge on any atom is 0.0971 e. The Morgan fingerprint density at radius 1 is 1.03 bits per heavy atom. The third-order valence-corrected chi connectivity index (χ3v) is 5.22. The molecule has 0 aliphatic carbocycles. The second-order valence-electron chi connectivity index (χ2n) is 6.96. The van der Waals surface area contributed by atoms with Crippen molar-refractivity contribution >= 4 is 34.7 Å². The summed E-state index contributed by atoms with van der Waals surface area (Å²) in [6.07, 6.45) is 9.52. The number of benzene rings is 1. The van der Waals surface area contributed by atoms with Crippen LogP contribution in [0.3, 0.4) is 0 Å². The van der Waals surface area contributed by atoms with Crippen molar-refractivity contribution in [3.63, 3.8) is 0 Å². The van der Waals surface area contributed by atoms with Crippen molar-refractivity contribution in [1.82, 2.24) is 29.9 Å². The van der Waals surface area contributed by atoms with Crippen molar-refractivity contribution in [2.24, 2.45) is 0 Å². The first kappa shape index (κ1) is 20.2. The molecule has 0 aliphatic heterocycles. The summed E-state index contributed by atoms with van der Waals surface area (Å²) in [4.78, 5) is 11.1. The van der Waals surface area contributed by atoms with Crippen molar-refractivity contribution in [3.05, 3.63) is 77.0 Å². The van der Waals surface area contributed by atoms with E-state index in [-0.39, 0.29) is 0 Å². The minimum Gasteiger partial charge on any atom is -0.298 e. The molecule has 0 spiro atoms. The van der Waals surface area contributed by atoms with Crippen molar-refractivity contribution < 1.29 is 0 Å². The molecular formula is C23H23ClN6. The number of rotatable bonds is 7. The van der Waals surface area contributed by atoms with Gasteiger partial charge in [-0.1, -0.05) is 36.7 Å². The lowest BCUT2D eigenvalue weighted by atomic mass is 10.1. The summed E-state index contributed by atoms with van der Waals surface area (Å²) in [5, 5.41) is 10.4. The molecule has 0 saturated carbocycles. The van der Waals surface area contributed by atoms with Crippen LogP contribution in [0.25, 0.3) is 28.7 Å². The average molecular weight is 419 g/mol. The van der Waals surface area contributed by atoms with Crippen molar-refractivity contribution in [2.75, 3.05) is 13.1 Å². The SMILES string of the molecule is CCN(CC)Cc1cn(-c2cc(/C=C/c3ccncc3)nc3ccc(Cl)cc23)nn1. The Labute approximate surface area is 180 Å². The summed E-state index contributed by atoms with van der Waals surface area (Å²) in [6.45, 7) is 7.01. The van der Waals surface area contributed by atoms with Gasteiger partial charge in [0.1, 0.15) is 0 Å². The van der Waals surface area contributed by atoms with Crippen LogP contribution in [-0.2, 0) is 6.54 Å². The summed E-state index contributed by atoms with van der Waals surface area (Å²) in [5.74, 6) is 0. The van der Waals surface area contributed by atoms with Gasteiger partial charge in [-0.2, -0.15) is 0 Å². The molecule has 0 atom stereocenters. The highest BCUT2D eigenvalue weighted by atomic mass is 35.5. The van der Waals surface area contributed by atoms with Crippen LogP contribution in [0, 0.1) is 0 Å². The Morgan fingerprint density at radius 2 is 1.83 bits per heavy atom. The van der Waals surface area contributed by atoms with E-state index in [0.717, 1.165) is 53.2 Å². The Kier molecular flexibility index (Phi) is 6.16. The van der Waals surface area contributed by atoms with E-state index >= 15 is 0 Å². The maximum absolute atomic E-state index is 6.27. The van der Waals surface area contributed by atoms with Gasteiger partial charge in [0.15, 0.2) is 0 Å². The molecule has 0 fully saturated rings. The molecule has 3 heterocycles. The van der Waals surface area contributed by atoms with Gasteiger partial charge in [-0.3, -0.25) is 9.88 Å². The Morgan fingerprint density at radius 3 is 2.60 bits per heavy atom. The highest BCUT2D eigenvalue weighted by Gasteiger charge is 2.11. The maximum atomic E-state index is 6.27. The summed E-state index contributed by atoms with van der Waals surface area (Å²) in [7, 11) is 0. The number of nitrogens with zero attached hydrogens (tertiary/aromatic N) is 6. The molecule has 0 radical (unpaired) electrons. The summed E-state index contributed by atoms with van der Waals surface area (Å²) in [5.41, 5.74) is 4.58. The van der Waals surface area contributed by atoms with E-state index in [1.165, 1.54) is 0 Å². The molecule has 6 nitrogen and oxygen atoms in total. The first-order valence-corrected chi connectivity index (χ1v) is 10.4. The van der Waals surface area contributed by atoms with E-state index in [9.17, 15) is 0 Å². The molecule has 0 saturated heterocycles. The lowest BCUT2D eigenvalue weighted by Crippen LogP contribution is -2.22. The first-order valence-electron chi connectivity index (χ1n) is 9.98. The van der Waals surface area contributed by atoms with Gasteiger partial charge in [0.05, 0.1) is 28.8 Å². The number of aromatic nitrogens is 5. The Hall–Kier alpha value is -3.09. The quantitative estimate of drug-likeness (QED) is 0.428. The number of hydrogen-bond acceptors (Lipinski definition) is 5. The molecule has 7 heteroatoms. The fourth-order valence-electron chi connectivity index (χ4n) is 3.30. The minimum absolute atomic E-state index is 0.661. The van der Waals surface area contributed by atoms with Crippen LogP contribution in [0.2, 0.25) is 5.02 Å². The number of fused-ring (bicyclic) bond motifs is 1. The third kappa shape index (κ3) is 4.56. The molecule has 0 N–H and O–H groups in total. The van der Waals surface area contributed by atoms with Gasteiger partial charge in [-0.15, -0.1) is 5.10 Å². The molecule has 4 aromatic rings. The molecule has 0 amide bonds. The zero-order valence-corrected chi connectivity index (χ0v) is 17.8. The van der Waals surface area contributed by atoms with Crippen molar-refractivity contribution in [3.8, 4) is 5.69 Å². The topological polar surface area (TPSA) is 59.7 Å². The van der Waals surface area contributed by atoms with Crippen LogP contribution in [0.5, 0.6) is 0 Å². The van der Waals surface area contributed by atoms with E-state index < -0.39 is 0 Å². The first-order chi connectivity index (χ1) is 14.7.